The van der Waals surface area contributed by atoms with Gasteiger partial charge in [-0.15, -0.1) is 0 Å². The Bertz CT molecular complexity index is 1620. The van der Waals surface area contributed by atoms with Crippen molar-refractivity contribution in [2.24, 2.45) is 5.92 Å². The Labute approximate surface area is 246 Å². The number of amides is 1. The quantitative estimate of drug-likeness (QED) is 0.377. The largest absolute Gasteiger partial charge is 0.478 e. The number of hydrogen-bond donors (Lipinski definition) is 1. The summed E-state index contributed by atoms with van der Waals surface area (Å²) in [7, 11) is 1.59. The Morgan fingerprint density at radius 1 is 1.12 bits per heavy atom. The van der Waals surface area contributed by atoms with Crippen molar-refractivity contribution in [1.29, 1.82) is 0 Å². The maximum Gasteiger partial charge on any atom is 0.335 e. The highest BCUT2D eigenvalue weighted by atomic mass is 19.3. The molecule has 1 atom stereocenters. The van der Waals surface area contributed by atoms with Gasteiger partial charge in [-0.1, -0.05) is 24.3 Å². The van der Waals surface area contributed by atoms with Crippen molar-refractivity contribution in [2.45, 2.75) is 63.6 Å². The smallest absolute Gasteiger partial charge is 0.335 e. The molecule has 0 spiro atoms. The molecule has 1 amide bonds. The SMILES string of the molecule is COC1CN(C(=O)C2CCc3c(-c4ccc(C(=O)O)cc4C(C)(F)F)nn(C(=O)c4c(CF)cccc4C4CC4)c3C2)C1. The van der Waals surface area contributed by atoms with Gasteiger partial charge in [-0.3, -0.25) is 9.59 Å². The molecule has 1 unspecified atom stereocenters. The highest BCUT2D eigenvalue weighted by Crippen LogP contribution is 2.44. The third-order valence-electron chi connectivity index (χ3n) is 8.86. The van der Waals surface area contributed by atoms with Crippen LogP contribution in [0.5, 0.6) is 0 Å². The minimum absolute atomic E-state index is 0.0111. The van der Waals surface area contributed by atoms with E-state index in [1.54, 1.807) is 24.1 Å². The molecule has 11 heteroatoms. The van der Waals surface area contributed by atoms with Crippen molar-refractivity contribution in [3.8, 4) is 11.3 Å². The fourth-order valence-electron chi connectivity index (χ4n) is 6.31. The highest BCUT2D eigenvalue weighted by molar-refractivity contribution is 6.00. The minimum atomic E-state index is -3.41. The van der Waals surface area contributed by atoms with E-state index in [-0.39, 0.29) is 52.3 Å². The van der Waals surface area contributed by atoms with Gasteiger partial charge in [-0.25, -0.2) is 18.0 Å². The summed E-state index contributed by atoms with van der Waals surface area (Å²) in [6, 6.07) is 8.54. The second-order valence-corrected chi connectivity index (χ2v) is 11.8. The molecule has 1 aliphatic heterocycles. The molecule has 2 heterocycles. The van der Waals surface area contributed by atoms with Gasteiger partial charge in [0.05, 0.1) is 28.6 Å². The molecule has 1 N–H and O–H groups in total. The van der Waals surface area contributed by atoms with Crippen LogP contribution in [0.15, 0.2) is 36.4 Å². The Kier molecular flexibility index (Phi) is 7.40. The summed E-state index contributed by atoms with van der Waals surface area (Å²) in [6.45, 7) is 0.765. The zero-order chi connectivity index (χ0) is 30.6. The number of carbonyl (C=O) groups is 3. The van der Waals surface area contributed by atoms with Crippen LogP contribution in [0.1, 0.15) is 80.8 Å². The minimum Gasteiger partial charge on any atom is -0.478 e. The van der Waals surface area contributed by atoms with E-state index in [4.69, 9.17) is 4.74 Å². The number of carboxylic acid groups (broad SMARTS) is 1. The zero-order valence-corrected chi connectivity index (χ0v) is 23.9. The Hall–Kier alpha value is -3.99. The molecule has 0 radical (unpaired) electrons. The Balaban J connectivity index is 1.49. The summed E-state index contributed by atoms with van der Waals surface area (Å²) in [5.74, 6) is -5.74. The van der Waals surface area contributed by atoms with Crippen LogP contribution in [0.3, 0.4) is 0 Å². The van der Waals surface area contributed by atoms with Crippen LogP contribution in [0.2, 0.25) is 0 Å². The Morgan fingerprint density at radius 2 is 1.86 bits per heavy atom. The lowest BCUT2D eigenvalue weighted by Gasteiger charge is -2.40. The van der Waals surface area contributed by atoms with E-state index in [0.29, 0.717) is 44.1 Å². The Morgan fingerprint density at radius 3 is 2.49 bits per heavy atom. The number of aromatic carboxylic acids is 1. The van der Waals surface area contributed by atoms with Gasteiger partial charge < -0.3 is 14.7 Å². The van der Waals surface area contributed by atoms with Gasteiger partial charge in [0, 0.05) is 56.2 Å². The summed E-state index contributed by atoms with van der Waals surface area (Å²) in [4.78, 5) is 41.0. The molecule has 3 aliphatic rings. The lowest BCUT2D eigenvalue weighted by Crippen LogP contribution is -2.56. The van der Waals surface area contributed by atoms with E-state index in [0.717, 1.165) is 24.5 Å². The number of fused-ring (bicyclic) bond motifs is 1. The van der Waals surface area contributed by atoms with E-state index in [2.05, 4.69) is 5.10 Å². The predicted molar refractivity (Wildman–Crippen MR) is 150 cm³/mol. The van der Waals surface area contributed by atoms with Crippen molar-refractivity contribution in [3.05, 3.63) is 75.5 Å². The van der Waals surface area contributed by atoms with Crippen LogP contribution < -0.4 is 0 Å². The first-order valence-corrected chi connectivity index (χ1v) is 14.4. The van der Waals surface area contributed by atoms with Crippen LogP contribution in [0, 0.1) is 5.92 Å². The third-order valence-corrected chi connectivity index (χ3v) is 8.86. The fourth-order valence-corrected chi connectivity index (χ4v) is 6.31. The monoisotopic (exact) mass is 595 g/mol. The topological polar surface area (TPSA) is 102 Å². The summed E-state index contributed by atoms with van der Waals surface area (Å²) < 4.78 is 50.5. The standard InChI is InChI=1S/C32H32F3N3O5/c1-32(34,35)25-12-19(31(41)42)9-10-23(25)28-24-11-8-18(29(39)37-15-21(16-37)43-2)13-26(24)38(36-28)30(40)27-20(14-33)4-3-5-22(27)17-6-7-17/h3-5,9-10,12,17-18,21H,6-8,11,13-16H2,1-2H3,(H,41,42). The van der Waals surface area contributed by atoms with Gasteiger partial charge in [-0.05, 0) is 54.9 Å². The number of carbonyl (C=O) groups excluding carboxylic acids is 2. The lowest BCUT2D eigenvalue weighted by atomic mass is 9.83. The molecular formula is C32H32F3N3O5. The molecule has 2 aliphatic carbocycles. The number of rotatable bonds is 8. The molecule has 1 saturated carbocycles. The van der Waals surface area contributed by atoms with Crippen LogP contribution in [-0.2, 0) is 35.0 Å². The zero-order valence-electron chi connectivity index (χ0n) is 23.9. The van der Waals surface area contributed by atoms with Gasteiger partial charge >= 0.3 is 5.97 Å². The lowest BCUT2D eigenvalue weighted by molar-refractivity contribution is -0.147. The summed E-state index contributed by atoms with van der Waals surface area (Å²) in [6.07, 6.45) is 2.60. The van der Waals surface area contributed by atoms with Crippen molar-refractivity contribution in [2.75, 3.05) is 20.2 Å². The van der Waals surface area contributed by atoms with Crippen molar-refractivity contribution >= 4 is 17.8 Å². The van der Waals surface area contributed by atoms with Gasteiger partial charge in [-0.2, -0.15) is 9.78 Å². The number of ether oxygens (including phenoxy) is 1. The van der Waals surface area contributed by atoms with Crippen LogP contribution in [0.25, 0.3) is 11.3 Å². The van der Waals surface area contributed by atoms with Crippen LogP contribution in [0.4, 0.5) is 13.2 Å². The highest BCUT2D eigenvalue weighted by Gasteiger charge is 2.40. The molecule has 8 nitrogen and oxygen atoms in total. The first kappa shape index (κ1) is 29.1. The van der Waals surface area contributed by atoms with Crippen LogP contribution >= 0.6 is 0 Å². The van der Waals surface area contributed by atoms with Crippen molar-refractivity contribution in [1.82, 2.24) is 14.7 Å². The number of benzene rings is 2. The molecule has 6 rings (SSSR count). The maximum atomic E-state index is 14.9. The van der Waals surface area contributed by atoms with Gasteiger partial charge in [0.25, 0.3) is 11.8 Å². The van der Waals surface area contributed by atoms with E-state index in [1.807, 2.05) is 6.07 Å². The molecule has 226 valence electrons. The normalized spacial score (nSPS) is 18.7. The average molecular weight is 596 g/mol. The molecule has 1 aromatic heterocycles. The summed E-state index contributed by atoms with van der Waals surface area (Å²) in [5, 5.41) is 14.1. The number of alkyl halides is 3. The van der Waals surface area contributed by atoms with Gasteiger partial charge in [0.15, 0.2) is 0 Å². The first-order chi connectivity index (χ1) is 20.5. The molecule has 2 fully saturated rings. The first-order valence-electron chi connectivity index (χ1n) is 14.4. The predicted octanol–water partition coefficient (Wildman–Crippen LogP) is 5.36. The number of methoxy groups -OCH3 is 1. The molecule has 3 aromatic rings. The fraction of sp³-hybridized carbons (Fsp3) is 0.438. The molecule has 2 aromatic carbocycles. The number of hydrogen-bond acceptors (Lipinski definition) is 5. The van der Waals surface area contributed by atoms with Gasteiger partial charge in [0.1, 0.15) is 6.67 Å². The molecule has 1 saturated heterocycles. The van der Waals surface area contributed by atoms with Crippen molar-refractivity contribution < 1.29 is 37.4 Å². The van der Waals surface area contributed by atoms with E-state index in [1.165, 1.54) is 16.8 Å². The second kappa shape index (κ2) is 10.9. The number of aromatic nitrogens is 2. The maximum absolute atomic E-state index is 14.9. The summed E-state index contributed by atoms with van der Waals surface area (Å²) in [5.41, 5.74) is 1.46. The van der Waals surface area contributed by atoms with E-state index >= 15 is 0 Å². The molecule has 0 bridgehead atoms. The van der Waals surface area contributed by atoms with Crippen molar-refractivity contribution in [3.63, 3.8) is 0 Å². The number of likely N-dealkylation sites (tertiary alicyclic amines) is 1. The van der Waals surface area contributed by atoms with E-state index in [9.17, 15) is 32.7 Å². The number of halogens is 3. The second-order valence-electron chi connectivity index (χ2n) is 11.8. The summed E-state index contributed by atoms with van der Waals surface area (Å²) >= 11 is 0. The number of nitrogens with zero attached hydrogens (tertiary/aromatic N) is 3. The number of carboxylic acids is 1. The van der Waals surface area contributed by atoms with Gasteiger partial charge in [0.2, 0.25) is 5.91 Å². The van der Waals surface area contributed by atoms with E-state index < -0.39 is 36.0 Å². The molecule has 43 heavy (non-hydrogen) atoms. The molecular weight excluding hydrogens is 563 g/mol. The average Bonchev–Trinajstić information content (AvgIpc) is 3.75. The van der Waals surface area contributed by atoms with Crippen LogP contribution in [-0.4, -0.2) is 63.9 Å². The third kappa shape index (κ3) is 5.24.